The molecule has 0 amide bonds. The first-order chi connectivity index (χ1) is 8.39. The van der Waals surface area contributed by atoms with E-state index >= 15 is 0 Å². The van der Waals surface area contributed by atoms with Crippen molar-refractivity contribution in [1.29, 1.82) is 0 Å². The summed E-state index contributed by atoms with van der Waals surface area (Å²) in [5.41, 5.74) is 1.28. The van der Waals surface area contributed by atoms with E-state index in [1.807, 2.05) is 12.1 Å². The van der Waals surface area contributed by atoms with Crippen molar-refractivity contribution >= 4 is 24.6 Å². The maximum atomic E-state index is 12.0. The molecule has 0 aliphatic rings. The Hall–Kier alpha value is -1.41. The number of ketones is 1. The first kappa shape index (κ1) is 13.0. The van der Waals surface area contributed by atoms with E-state index in [9.17, 15) is 4.79 Å². The van der Waals surface area contributed by atoms with Gasteiger partial charge in [-0.25, -0.2) is 0 Å². The zero-order valence-corrected chi connectivity index (χ0v) is 12.5. The summed E-state index contributed by atoms with van der Waals surface area (Å²) in [7, 11) is -1.53. The van der Waals surface area contributed by atoms with Crippen LogP contribution in [0.4, 0.5) is 0 Å². The monoisotopic (exact) mass is 256 g/mol. The Labute approximate surface area is 110 Å². The predicted molar refractivity (Wildman–Crippen MR) is 80.7 cm³/mol. The van der Waals surface area contributed by atoms with E-state index in [0.29, 0.717) is 5.78 Å². The normalized spacial score (nSPS) is 13.6. The second kappa shape index (κ2) is 4.69. The summed E-state index contributed by atoms with van der Waals surface area (Å²) in [6.07, 6.45) is 0. The number of benzene rings is 2. The third-order valence-corrected chi connectivity index (χ3v) is 5.85. The highest BCUT2D eigenvalue weighted by Gasteiger charge is 2.31. The number of carbonyl (C=O) groups is 1. The number of rotatable bonds is 3. The average molecular weight is 256 g/mol. The largest absolute Gasteiger partial charge is 0.300 e. The van der Waals surface area contributed by atoms with Crippen LogP contribution in [-0.4, -0.2) is 13.9 Å². The van der Waals surface area contributed by atoms with E-state index < -0.39 is 8.07 Å². The van der Waals surface area contributed by atoms with Crippen molar-refractivity contribution in [2.75, 3.05) is 0 Å². The Morgan fingerprint density at radius 1 is 1.00 bits per heavy atom. The van der Waals surface area contributed by atoms with Crippen molar-refractivity contribution in [3.05, 3.63) is 48.0 Å². The fourth-order valence-corrected chi connectivity index (χ4v) is 5.13. The molecular formula is C16H20OSi. The van der Waals surface area contributed by atoms with Gasteiger partial charge in [0.15, 0.2) is 0 Å². The first-order valence-corrected chi connectivity index (χ1v) is 9.96. The molecular weight excluding hydrogens is 236 g/mol. The second-order valence-corrected chi connectivity index (χ2v) is 11.3. The van der Waals surface area contributed by atoms with Gasteiger partial charge in [0.05, 0.1) is 8.07 Å². The molecule has 0 aliphatic carbocycles. The summed E-state index contributed by atoms with van der Waals surface area (Å²) in [6.45, 7) is 8.49. The van der Waals surface area contributed by atoms with Gasteiger partial charge in [-0.05, 0) is 23.3 Å². The van der Waals surface area contributed by atoms with Gasteiger partial charge in [-0.1, -0.05) is 62.1 Å². The molecule has 0 heterocycles. The fraction of sp³-hybridized carbons (Fsp3) is 0.312. The minimum absolute atomic E-state index is 0.0992. The molecule has 1 nitrogen and oxygen atoms in total. The predicted octanol–water partition coefficient (Wildman–Crippen LogP) is 4.39. The van der Waals surface area contributed by atoms with Gasteiger partial charge < -0.3 is 0 Å². The summed E-state index contributed by atoms with van der Waals surface area (Å²) in [4.78, 5) is 12.0. The average Bonchev–Trinajstić information content (AvgIpc) is 2.26. The summed E-state index contributed by atoms with van der Waals surface area (Å²) < 4.78 is 0. The van der Waals surface area contributed by atoms with E-state index in [4.69, 9.17) is 0 Å². The number of Topliss-reactive ketones (excluding diaryl/α,β-unsaturated/α-hetero) is 1. The lowest BCUT2D eigenvalue weighted by atomic mass is 10.0. The van der Waals surface area contributed by atoms with E-state index in [0.717, 1.165) is 0 Å². The molecule has 94 valence electrons. The lowest BCUT2D eigenvalue weighted by Gasteiger charge is -2.27. The van der Waals surface area contributed by atoms with E-state index in [-0.39, 0.29) is 5.54 Å². The van der Waals surface area contributed by atoms with Gasteiger partial charge in [-0.2, -0.15) is 0 Å². The zero-order chi connectivity index (χ0) is 13.3. The van der Waals surface area contributed by atoms with Crippen LogP contribution in [0.25, 0.3) is 10.8 Å². The summed E-state index contributed by atoms with van der Waals surface area (Å²) in [6, 6.07) is 14.7. The van der Waals surface area contributed by atoms with Crippen LogP contribution in [0.15, 0.2) is 42.5 Å². The molecule has 2 rings (SSSR count). The minimum atomic E-state index is -1.53. The molecule has 0 spiro atoms. The maximum Gasteiger partial charge on any atom is 0.134 e. The molecule has 1 unspecified atom stereocenters. The molecule has 0 saturated heterocycles. The maximum absolute atomic E-state index is 12.0. The molecule has 0 aliphatic heterocycles. The summed E-state index contributed by atoms with van der Waals surface area (Å²) in [5, 5.41) is 2.46. The highest BCUT2D eigenvalue weighted by molar-refractivity contribution is 6.80. The quantitative estimate of drug-likeness (QED) is 0.744. The summed E-state index contributed by atoms with van der Waals surface area (Å²) >= 11 is 0. The third-order valence-electron chi connectivity index (χ3n) is 3.38. The first-order valence-electron chi connectivity index (χ1n) is 6.39. The zero-order valence-electron chi connectivity index (χ0n) is 11.5. The lowest BCUT2D eigenvalue weighted by Crippen LogP contribution is -2.35. The van der Waals surface area contributed by atoms with Crippen LogP contribution in [0, 0.1) is 0 Å². The van der Waals surface area contributed by atoms with Crippen LogP contribution in [0.3, 0.4) is 0 Å². The highest BCUT2D eigenvalue weighted by Crippen LogP contribution is 2.30. The molecule has 0 N–H and O–H groups in total. The summed E-state index contributed by atoms with van der Waals surface area (Å²) in [5.74, 6) is 0.296. The Bertz CT molecular complexity index is 581. The smallest absolute Gasteiger partial charge is 0.134 e. The van der Waals surface area contributed by atoms with Crippen LogP contribution >= 0.6 is 0 Å². The van der Waals surface area contributed by atoms with Crippen LogP contribution in [-0.2, 0) is 4.79 Å². The molecule has 0 bridgehead atoms. The van der Waals surface area contributed by atoms with Crippen molar-refractivity contribution in [1.82, 2.24) is 0 Å². The Kier molecular flexibility index (Phi) is 3.40. The molecule has 18 heavy (non-hydrogen) atoms. The molecule has 0 aromatic heterocycles. The fourth-order valence-electron chi connectivity index (χ4n) is 2.73. The molecule has 0 fully saturated rings. The Morgan fingerprint density at radius 2 is 1.61 bits per heavy atom. The highest BCUT2D eigenvalue weighted by atomic mass is 28.3. The minimum Gasteiger partial charge on any atom is -0.300 e. The van der Waals surface area contributed by atoms with E-state index in [1.165, 1.54) is 16.3 Å². The van der Waals surface area contributed by atoms with Gasteiger partial charge in [0.2, 0.25) is 0 Å². The SMILES string of the molecule is CC(=O)C(c1ccc2ccccc2c1)[Si](C)(C)C. The molecule has 2 aromatic rings. The second-order valence-electron chi connectivity index (χ2n) is 6.02. The molecule has 0 saturated carbocycles. The molecule has 0 radical (unpaired) electrons. The Morgan fingerprint density at radius 3 is 2.17 bits per heavy atom. The van der Waals surface area contributed by atoms with Crippen molar-refractivity contribution in [2.45, 2.75) is 32.1 Å². The van der Waals surface area contributed by atoms with Crippen LogP contribution in [0.5, 0.6) is 0 Å². The van der Waals surface area contributed by atoms with Crippen molar-refractivity contribution in [2.24, 2.45) is 0 Å². The number of hydrogen-bond donors (Lipinski definition) is 0. The van der Waals surface area contributed by atoms with Crippen molar-refractivity contribution in [3.8, 4) is 0 Å². The van der Waals surface area contributed by atoms with Crippen molar-refractivity contribution < 1.29 is 4.79 Å². The topological polar surface area (TPSA) is 17.1 Å². The van der Waals surface area contributed by atoms with E-state index in [1.54, 1.807) is 6.92 Å². The molecule has 2 heteroatoms. The van der Waals surface area contributed by atoms with Gasteiger partial charge >= 0.3 is 0 Å². The van der Waals surface area contributed by atoms with Crippen LogP contribution in [0.2, 0.25) is 19.6 Å². The van der Waals surface area contributed by atoms with E-state index in [2.05, 4.69) is 50.0 Å². The van der Waals surface area contributed by atoms with Gasteiger partial charge in [0, 0.05) is 5.54 Å². The van der Waals surface area contributed by atoms with Gasteiger partial charge in [-0.3, -0.25) is 4.79 Å². The van der Waals surface area contributed by atoms with Crippen molar-refractivity contribution in [3.63, 3.8) is 0 Å². The third kappa shape index (κ3) is 2.54. The van der Waals surface area contributed by atoms with Gasteiger partial charge in [-0.15, -0.1) is 0 Å². The number of carbonyl (C=O) groups excluding carboxylic acids is 1. The van der Waals surface area contributed by atoms with Gasteiger partial charge in [0.25, 0.3) is 0 Å². The number of hydrogen-bond acceptors (Lipinski definition) is 1. The Balaban J connectivity index is 2.55. The van der Waals surface area contributed by atoms with Gasteiger partial charge in [0.1, 0.15) is 5.78 Å². The molecule has 1 atom stereocenters. The lowest BCUT2D eigenvalue weighted by molar-refractivity contribution is -0.116. The van der Waals surface area contributed by atoms with Crippen LogP contribution < -0.4 is 0 Å². The standard InChI is InChI=1S/C16H20OSi/c1-12(17)16(18(2,3)4)15-10-9-13-7-5-6-8-14(13)11-15/h5-11,16H,1-4H3. The van der Waals surface area contributed by atoms with Crippen LogP contribution in [0.1, 0.15) is 18.0 Å². The number of fused-ring (bicyclic) bond motifs is 1. The molecule has 2 aromatic carbocycles.